The van der Waals surface area contributed by atoms with Gasteiger partial charge in [-0.2, -0.15) is 13.2 Å². The molecule has 0 aromatic heterocycles. The van der Waals surface area contributed by atoms with E-state index in [-0.39, 0.29) is 24.8 Å². The van der Waals surface area contributed by atoms with Crippen LogP contribution in [0.4, 0.5) is 13.2 Å². The number of nitrogens with two attached hydrogens (primary N) is 1. The molecule has 0 aliphatic carbocycles. The lowest BCUT2D eigenvalue weighted by Gasteiger charge is -2.31. The summed E-state index contributed by atoms with van der Waals surface area (Å²) in [6, 6.07) is 4.20. The number of amides is 1. The van der Waals surface area contributed by atoms with Gasteiger partial charge in [-0.1, -0.05) is 13.8 Å². The lowest BCUT2D eigenvalue weighted by atomic mass is 9.91. The summed E-state index contributed by atoms with van der Waals surface area (Å²) in [5.74, 6) is 0.199. The van der Waals surface area contributed by atoms with Crippen LogP contribution < -0.4 is 15.8 Å². The Labute approximate surface area is 134 Å². The number of halogens is 3. The maximum absolute atomic E-state index is 12.4. The predicted octanol–water partition coefficient (Wildman–Crippen LogP) is 2.96. The molecule has 1 aromatic carbocycles. The van der Waals surface area contributed by atoms with Crippen molar-refractivity contribution in [2.75, 3.05) is 13.2 Å². The normalized spacial score (nSPS) is 14.4. The van der Waals surface area contributed by atoms with Crippen LogP contribution >= 0.6 is 0 Å². The van der Waals surface area contributed by atoms with E-state index in [1.54, 1.807) is 0 Å². The van der Waals surface area contributed by atoms with E-state index in [2.05, 4.69) is 5.32 Å². The van der Waals surface area contributed by atoms with E-state index in [0.29, 0.717) is 5.92 Å². The molecule has 0 saturated carbocycles. The number of benzene rings is 1. The number of rotatable bonds is 7. The molecular formula is C16H23F3N2O2. The Morgan fingerprint density at radius 2 is 1.83 bits per heavy atom. The third-order valence-electron chi connectivity index (χ3n) is 3.30. The molecule has 1 rings (SSSR count). The Morgan fingerprint density at radius 3 is 2.26 bits per heavy atom. The molecule has 1 amide bonds. The molecule has 0 spiro atoms. The highest BCUT2D eigenvalue weighted by molar-refractivity contribution is 5.78. The number of hydrogen-bond donors (Lipinski definition) is 2. The van der Waals surface area contributed by atoms with Gasteiger partial charge >= 0.3 is 6.18 Å². The largest absolute Gasteiger partial charge is 0.484 e. The average Bonchev–Trinajstić information content (AvgIpc) is 2.43. The van der Waals surface area contributed by atoms with Gasteiger partial charge < -0.3 is 15.8 Å². The molecule has 1 aromatic rings. The second-order valence-corrected chi connectivity index (χ2v) is 6.22. The van der Waals surface area contributed by atoms with Crippen molar-refractivity contribution in [2.24, 2.45) is 11.7 Å². The van der Waals surface area contributed by atoms with Gasteiger partial charge in [0, 0.05) is 12.1 Å². The molecule has 0 fully saturated rings. The molecule has 3 N–H and O–H groups in total. The standard InChI is InChI=1S/C16H23F3N2O2/c1-11(2)8-15(3,10-20)21-14(22)9-23-13-6-4-12(5-7-13)16(17,18)19/h4-7,11H,8-10,20H2,1-3H3,(H,21,22). The fraction of sp³-hybridized carbons (Fsp3) is 0.562. The second-order valence-electron chi connectivity index (χ2n) is 6.22. The highest BCUT2D eigenvalue weighted by Crippen LogP contribution is 2.30. The van der Waals surface area contributed by atoms with Gasteiger partial charge in [0.05, 0.1) is 5.56 Å². The van der Waals surface area contributed by atoms with Gasteiger partial charge in [0.25, 0.3) is 5.91 Å². The molecule has 0 heterocycles. The number of carbonyl (C=O) groups excluding carboxylic acids is 1. The van der Waals surface area contributed by atoms with Crippen LogP contribution in [-0.4, -0.2) is 24.6 Å². The monoisotopic (exact) mass is 332 g/mol. The molecule has 130 valence electrons. The summed E-state index contributed by atoms with van der Waals surface area (Å²) >= 11 is 0. The maximum atomic E-state index is 12.4. The SMILES string of the molecule is CC(C)CC(C)(CN)NC(=O)COc1ccc(C(F)(F)F)cc1. The number of hydrogen-bond acceptors (Lipinski definition) is 3. The molecule has 4 nitrogen and oxygen atoms in total. The van der Waals surface area contributed by atoms with E-state index in [4.69, 9.17) is 10.5 Å². The minimum absolute atomic E-state index is 0.200. The van der Waals surface area contributed by atoms with Crippen LogP contribution in [0.1, 0.15) is 32.8 Å². The zero-order valence-corrected chi connectivity index (χ0v) is 13.5. The van der Waals surface area contributed by atoms with E-state index in [9.17, 15) is 18.0 Å². The number of ether oxygens (including phenoxy) is 1. The molecular weight excluding hydrogens is 309 g/mol. The lowest BCUT2D eigenvalue weighted by molar-refractivity contribution is -0.137. The van der Waals surface area contributed by atoms with Gasteiger partial charge in [0.15, 0.2) is 6.61 Å². The van der Waals surface area contributed by atoms with E-state index >= 15 is 0 Å². The summed E-state index contributed by atoms with van der Waals surface area (Å²) in [6.07, 6.45) is -3.68. The fourth-order valence-electron chi connectivity index (χ4n) is 2.35. The topological polar surface area (TPSA) is 64.3 Å². The van der Waals surface area contributed by atoms with Gasteiger partial charge in [-0.3, -0.25) is 4.79 Å². The first kappa shape index (κ1) is 19.3. The van der Waals surface area contributed by atoms with Gasteiger partial charge in [-0.05, 0) is 43.5 Å². The molecule has 7 heteroatoms. The van der Waals surface area contributed by atoms with Crippen LogP contribution in [0.2, 0.25) is 0 Å². The summed E-state index contributed by atoms with van der Waals surface area (Å²) in [6.45, 7) is 5.91. The molecule has 1 unspecified atom stereocenters. The molecule has 1 atom stereocenters. The van der Waals surface area contributed by atoms with Crippen LogP contribution in [0.3, 0.4) is 0 Å². The lowest BCUT2D eigenvalue weighted by Crippen LogP contribution is -2.53. The Bertz CT molecular complexity index is 515. The maximum Gasteiger partial charge on any atom is 0.416 e. The zero-order valence-electron chi connectivity index (χ0n) is 13.5. The minimum atomic E-state index is -4.39. The van der Waals surface area contributed by atoms with Crippen molar-refractivity contribution < 1.29 is 22.7 Å². The summed E-state index contributed by atoms with van der Waals surface area (Å²) in [4.78, 5) is 11.9. The molecule has 0 bridgehead atoms. The molecule has 0 saturated heterocycles. The first-order valence-corrected chi connectivity index (χ1v) is 7.37. The Balaban J connectivity index is 2.56. The quantitative estimate of drug-likeness (QED) is 0.807. The number of nitrogens with one attached hydrogen (secondary N) is 1. The summed E-state index contributed by atoms with van der Waals surface area (Å²) < 4.78 is 42.5. The molecule has 0 radical (unpaired) electrons. The average molecular weight is 332 g/mol. The Morgan fingerprint density at radius 1 is 1.26 bits per heavy atom. The summed E-state index contributed by atoms with van der Waals surface area (Å²) in [7, 11) is 0. The van der Waals surface area contributed by atoms with Gasteiger partial charge in [0.1, 0.15) is 5.75 Å². The molecule has 0 aliphatic rings. The van der Waals surface area contributed by atoms with Gasteiger partial charge in [0.2, 0.25) is 0 Å². The van der Waals surface area contributed by atoms with Crippen molar-refractivity contribution in [3.63, 3.8) is 0 Å². The predicted molar refractivity (Wildman–Crippen MR) is 82.0 cm³/mol. The van der Waals surface area contributed by atoms with Crippen molar-refractivity contribution >= 4 is 5.91 Å². The van der Waals surface area contributed by atoms with Gasteiger partial charge in [-0.15, -0.1) is 0 Å². The van der Waals surface area contributed by atoms with E-state index in [1.807, 2.05) is 20.8 Å². The highest BCUT2D eigenvalue weighted by atomic mass is 19.4. The second kappa shape index (κ2) is 7.68. The van der Waals surface area contributed by atoms with Gasteiger partial charge in [-0.25, -0.2) is 0 Å². The van der Waals surface area contributed by atoms with Crippen molar-refractivity contribution in [2.45, 2.75) is 38.9 Å². The van der Waals surface area contributed by atoms with Crippen LogP contribution in [-0.2, 0) is 11.0 Å². The Kier molecular flexibility index (Phi) is 6.44. The highest BCUT2D eigenvalue weighted by Gasteiger charge is 2.30. The smallest absolute Gasteiger partial charge is 0.416 e. The van der Waals surface area contributed by atoms with E-state index in [0.717, 1.165) is 18.6 Å². The molecule has 0 aliphatic heterocycles. The fourth-order valence-corrected chi connectivity index (χ4v) is 2.35. The third-order valence-corrected chi connectivity index (χ3v) is 3.30. The summed E-state index contributed by atoms with van der Waals surface area (Å²) in [5.41, 5.74) is 4.41. The minimum Gasteiger partial charge on any atom is -0.484 e. The Hall–Kier alpha value is -1.76. The van der Waals surface area contributed by atoms with Crippen LogP contribution in [0.25, 0.3) is 0 Å². The van der Waals surface area contributed by atoms with E-state index in [1.165, 1.54) is 12.1 Å². The van der Waals surface area contributed by atoms with Crippen molar-refractivity contribution in [3.05, 3.63) is 29.8 Å². The van der Waals surface area contributed by atoms with Crippen molar-refractivity contribution in [3.8, 4) is 5.75 Å². The van der Waals surface area contributed by atoms with Crippen LogP contribution in [0.15, 0.2) is 24.3 Å². The molecule has 23 heavy (non-hydrogen) atoms. The third kappa shape index (κ3) is 6.48. The van der Waals surface area contributed by atoms with Crippen molar-refractivity contribution in [1.82, 2.24) is 5.32 Å². The van der Waals surface area contributed by atoms with E-state index < -0.39 is 17.3 Å². The first-order chi connectivity index (χ1) is 10.6. The zero-order chi connectivity index (χ0) is 17.7. The van der Waals surface area contributed by atoms with Crippen LogP contribution in [0.5, 0.6) is 5.75 Å². The number of alkyl halides is 3. The van der Waals surface area contributed by atoms with Crippen molar-refractivity contribution in [1.29, 1.82) is 0 Å². The summed E-state index contributed by atoms with van der Waals surface area (Å²) in [5, 5.41) is 2.81. The van der Waals surface area contributed by atoms with Crippen LogP contribution in [0, 0.1) is 5.92 Å². The first-order valence-electron chi connectivity index (χ1n) is 7.37. The number of carbonyl (C=O) groups is 1.